The van der Waals surface area contributed by atoms with Gasteiger partial charge in [-0.1, -0.05) is 31.4 Å². The van der Waals surface area contributed by atoms with Crippen LogP contribution in [-0.2, 0) is 4.79 Å². The fraction of sp³-hybridized carbons (Fsp3) is 0.550. The van der Waals surface area contributed by atoms with Gasteiger partial charge in [0.05, 0.1) is 0 Å². The van der Waals surface area contributed by atoms with Crippen molar-refractivity contribution in [1.29, 1.82) is 0 Å². The van der Waals surface area contributed by atoms with Crippen molar-refractivity contribution in [3.8, 4) is 0 Å². The summed E-state index contributed by atoms with van der Waals surface area (Å²) in [6, 6.07) is 8.54. The van der Waals surface area contributed by atoms with E-state index in [1.54, 1.807) is 11.6 Å². The molecule has 1 saturated carbocycles. The summed E-state index contributed by atoms with van der Waals surface area (Å²) in [5.74, 6) is 0.390. The summed E-state index contributed by atoms with van der Waals surface area (Å²) in [4.78, 5) is 13.6. The smallest absolute Gasteiger partial charge is 0.267 e. The van der Waals surface area contributed by atoms with Crippen LogP contribution in [-0.4, -0.2) is 41.7 Å². The van der Waals surface area contributed by atoms with Gasteiger partial charge in [-0.2, -0.15) is 0 Å². The minimum Gasteiger partial charge on any atom is -0.381 e. The van der Waals surface area contributed by atoms with Gasteiger partial charge in [-0.25, -0.2) is 5.48 Å². The number of amides is 1. The molecule has 3 rings (SSSR count). The molecule has 1 aromatic rings. The van der Waals surface area contributed by atoms with Crippen LogP contribution in [0.1, 0.15) is 44.1 Å². The number of hydrogen-bond donors (Lipinski definition) is 3. The van der Waals surface area contributed by atoms with Gasteiger partial charge in [0, 0.05) is 37.4 Å². The quantitative estimate of drug-likeness (QED) is 0.400. The van der Waals surface area contributed by atoms with E-state index in [0.717, 1.165) is 23.7 Å². The van der Waals surface area contributed by atoms with Crippen molar-refractivity contribution in [3.05, 3.63) is 35.9 Å². The lowest BCUT2D eigenvalue weighted by molar-refractivity contribution is -0.124. The molecule has 6 heteroatoms. The summed E-state index contributed by atoms with van der Waals surface area (Å²) in [6.07, 6.45) is 11.3. The maximum Gasteiger partial charge on any atom is 0.267 e. The minimum atomic E-state index is -0.522. The third-order valence-corrected chi connectivity index (χ3v) is 5.33. The Hall–Kier alpha value is -1.56. The van der Waals surface area contributed by atoms with E-state index in [9.17, 15) is 4.79 Å². The molecule has 0 unspecified atom stereocenters. The highest BCUT2D eigenvalue weighted by molar-refractivity contribution is 5.90. The number of hydroxylamine groups is 1. The Kier molecular flexibility index (Phi) is 8.42. The van der Waals surface area contributed by atoms with E-state index < -0.39 is 5.91 Å². The highest BCUT2D eigenvalue weighted by Crippen LogP contribution is 2.26. The molecule has 0 aromatic heterocycles. The fourth-order valence-corrected chi connectivity index (χ4v) is 3.99. The van der Waals surface area contributed by atoms with Crippen molar-refractivity contribution >= 4 is 30.1 Å². The van der Waals surface area contributed by atoms with Crippen molar-refractivity contribution in [2.24, 2.45) is 5.92 Å². The van der Waals surface area contributed by atoms with Gasteiger partial charge in [0.2, 0.25) is 0 Å². The van der Waals surface area contributed by atoms with Gasteiger partial charge in [0.1, 0.15) is 0 Å². The predicted molar refractivity (Wildman–Crippen MR) is 108 cm³/mol. The first-order valence-electron chi connectivity index (χ1n) is 9.44. The predicted octanol–water partition coefficient (Wildman–Crippen LogP) is 3.69. The summed E-state index contributed by atoms with van der Waals surface area (Å²) >= 11 is 0. The van der Waals surface area contributed by atoms with Crippen LogP contribution in [0.5, 0.6) is 0 Å². The molecule has 3 N–H and O–H groups in total. The second-order valence-electron chi connectivity index (χ2n) is 7.32. The van der Waals surface area contributed by atoms with Crippen LogP contribution in [0.2, 0.25) is 0 Å². The van der Waals surface area contributed by atoms with E-state index in [1.807, 2.05) is 24.3 Å². The molecule has 1 heterocycles. The largest absolute Gasteiger partial charge is 0.381 e. The molecule has 0 bridgehead atoms. The maximum atomic E-state index is 11.0. The molecule has 1 atom stereocenters. The standard InChI is InChI=1S/C20H29N3O2.ClH/c24-20(22-25)11-8-16-6-9-18(10-7-16)21-19-12-13-23(15-19)14-17-4-2-1-3-5-17;/h6-11,17,19,21,25H,1-5,12-15H2,(H,22,24);1H/t19-;/m1./s1. The Morgan fingerprint density at radius 2 is 1.88 bits per heavy atom. The highest BCUT2D eigenvalue weighted by Gasteiger charge is 2.25. The lowest BCUT2D eigenvalue weighted by Crippen LogP contribution is -2.31. The Morgan fingerprint density at radius 3 is 2.58 bits per heavy atom. The summed E-state index contributed by atoms with van der Waals surface area (Å²) in [7, 11) is 0. The Bertz CT molecular complexity index is 585. The number of halogens is 1. The zero-order valence-electron chi connectivity index (χ0n) is 15.2. The van der Waals surface area contributed by atoms with Gasteiger partial charge in [-0.3, -0.25) is 10.0 Å². The number of nitrogens with one attached hydrogen (secondary N) is 2. The molecular formula is C20H30ClN3O2. The normalized spacial score (nSPS) is 21.5. The molecule has 1 aromatic carbocycles. The van der Waals surface area contributed by atoms with E-state index >= 15 is 0 Å². The molecule has 1 amide bonds. The SMILES string of the molecule is Cl.O=C(C=Cc1ccc(N[C@@H]2CCN(CC3CCCCC3)C2)cc1)NO. The zero-order valence-corrected chi connectivity index (χ0v) is 16.0. The summed E-state index contributed by atoms with van der Waals surface area (Å²) in [6.45, 7) is 3.61. The van der Waals surface area contributed by atoms with Gasteiger partial charge < -0.3 is 10.2 Å². The topological polar surface area (TPSA) is 64.6 Å². The average Bonchev–Trinajstić information content (AvgIpc) is 3.08. The maximum absolute atomic E-state index is 11.0. The van der Waals surface area contributed by atoms with Crippen LogP contribution in [0.3, 0.4) is 0 Å². The molecule has 5 nitrogen and oxygen atoms in total. The van der Waals surface area contributed by atoms with Crippen LogP contribution in [0.15, 0.2) is 30.3 Å². The zero-order chi connectivity index (χ0) is 17.5. The number of carbonyl (C=O) groups is 1. The molecule has 1 saturated heterocycles. The number of rotatable bonds is 6. The third kappa shape index (κ3) is 6.31. The van der Waals surface area contributed by atoms with Gasteiger partial charge in [-0.15, -0.1) is 12.4 Å². The number of benzene rings is 1. The molecule has 0 spiro atoms. The Labute approximate surface area is 162 Å². The minimum absolute atomic E-state index is 0. The lowest BCUT2D eigenvalue weighted by atomic mass is 9.89. The van der Waals surface area contributed by atoms with Crippen molar-refractivity contribution in [1.82, 2.24) is 10.4 Å². The van der Waals surface area contributed by atoms with E-state index in [0.29, 0.717) is 6.04 Å². The number of anilines is 1. The van der Waals surface area contributed by atoms with Crippen LogP contribution < -0.4 is 10.8 Å². The van der Waals surface area contributed by atoms with Gasteiger partial charge in [0.15, 0.2) is 0 Å². The second kappa shape index (κ2) is 10.6. The van der Waals surface area contributed by atoms with Crippen LogP contribution in [0.25, 0.3) is 6.08 Å². The van der Waals surface area contributed by atoms with E-state index in [4.69, 9.17) is 5.21 Å². The molecule has 144 valence electrons. The highest BCUT2D eigenvalue weighted by atomic mass is 35.5. The van der Waals surface area contributed by atoms with Crippen LogP contribution in [0, 0.1) is 5.92 Å². The van der Waals surface area contributed by atoms with Crippen molar-refractivity contribution in [2.45, 2.75) is 44.6 Å². The molecule has 26 heavy (non-hydrogen) atoms. The molecular weight excluding hydrogens is 350 g/mol. The van der Waals surface area contributed by atoms with E-state index in [1.165, 1.54) is 57.7 Å². The average molecular weight is 380 g/mol. The van der Waals surface area contributed by atoms with Crippen molar-refractivity contribution in [3.63, 3.8) is 0 Å². The number of carbonyl (C=O) groups excluding carboxylic acids is 1. The Morgan fingerprint density at radius 1 is 1.15 bits per heavy atom. The van der Waals surface area contributed by atoms with Gasteiger partial charge in [-0.05, 0) is 49.0 Å². The lowest BCUT2D eigenvalue weighted by Gasteiger charge is -2.26. The summed E-state index contributed by atoms with van der Waals surface area (Å²) < 4.78 is 0. The number of nitrogens with zero attached hydrogens (tertiary/aromatic N) is 1. The Balaban J connectivity index is 0.00000243. The first-order valence-corrected chi connectivity index (χ1v) is 9.44. The summed E-state index contributed by atoms with van der Waals surface area (Å²) in [5.41, 5.74) is 3.63. The monoisotopic (exact) mass is 379 g/mol. The second-order valence-corrected chi connectivity index (χ2v) is 7.32. The summed E-state index contributed by atoms with van der Waals surface area (Å²) in [5, 5.41) is 12.1. The fourth-order valence-electron chi connectivity index (χ4n) is 3.99. The molecule has 2 aliphatic rings. The van der Waals surface area contributed by atoms with Crippen molar-refractivity contribution in [2.75, 3.05) is 25.0 Å². The number of likely N-dealkylation sites (tertiary alicyclic amines) is 1. The number of hydrogen-bond acceptors (Lipinski definition) is 4. The van der Waals surface area contributed by atoms with Crippen molar-refractivity contribution < 1.29 is 10.0 Å². The first kappa shape index (κ1) is 20.7. The van der Waals surface area contributed by atoms with E-state index in [2.05, 4.69) is 10.2 Å². The first-order chi connectivity index (χ1) is 12.2. The van der Waals surface area contributed by atoms with Gasteiger partial charge >= 0.3 is 0 Å². The van der Waals surface area contributed by atoms with Crippen LogP contribution in [0.4, 0.5) is 5.69 Å². The molecule has 0 radical (unpaired) electrons. The third-order valence-electron chi connectivity index (χ3n) is 5.33. The van der Waals surface area contributed by atoms with Crippen LogP contribution >= 0.6 is 12.4 Å². The van der Waals surface area contributed by atoms with E-state index in [-0.39, 0.29) is 12.4 Å². The molecule has 2 fully saturated rings. The van der Waals surface area contributed by atoms with Gasteiger partial charge in [0.25, 0.3) is 5.91 Å². The molecule has 1 aliphatic heterocycles. The molecule has 1 aliphatic carbocycles.